The lowest BCUT2D eigenvalue weighted by molar-refractivity contribution is -0.155. The number of aromatic nitrogens is 2. The second kappa shape index (κ2) is 7.23. The van der Waals surface area contributed by atoms with Crippen molar-refractivity contribution >= 4 is 23.0 Å². The molecule has 0 spiro atoms. The fourth-order valence-corrected chi connectivity index (χ4v) is 2.86. The van der Waals surface area contributed by atoms with Gasteiger partial charge in [0.15, 0.2) is 5.69 Å². The molecule has 3 rings (SSSR count). The van der Waals surface area contributed by atoms with Gasteiger partial charge in [-0.2, -0.15) is 0 Å². The third-order valence-electron chi connectivity index (χ3n) is 3.92. The minimum atomic E-state index is -0.576. The van der Waals surface area contributed by atoms with Crippen molar-refractivity contribution in [1.82, 2.24) is 9.55 Å². The topological polar surface area (TPSA) is 70.4 Å². The van der Waals surface area contributed by atoms with Crippen LogP contribution in [0, 0.1) is 0 Å². The minimum Gasteiger partial charge on any atom is -0.464 e. The van der Waals surface area contributed by atoms with E-state index >= 15 is 0 Å². The first-order valence-electron chi connectivity index (χ1n) is 8.64. The number of fused-ring (bicyclic) bond motifs is 1. The van der Waals surface area contributed by atoms with Crippen LogP contribution >= 0.6 is 0 Å². The zero-order valence-electron chi connectivity index (χ0n) is 15.9. The number of pyridine rings is 1. The highest BCUT2D eigenvalue weighted by Crippen LogP contribution is 2.30. The zero-order valence-corrected chi connectivity index (χ0v) is 15.9. The lowest BCUT2D eigenvalue weighted by Crippen LogP contribution is -2.26. The number of methoxy groups -OCH3 is 1. The van der Waals surface area contributed by atoms with Gasteiger partial charge in [0.05, 0.1) is 7.11 Å². The third-order valence-corrected chi connectivity index (χ3v) is 3.92. The van der Waals surface area contributed by atoms with Crippen molar-refractivity contribution in [3.63, 3.8) is 0 Å². The van der Waals surface area contributed by atoms with E-state index in [-0.39, 0.29) is 18.2 Å². The molecule has 1 aromatic carbocycles. The van der Waals surface area contributed by atoms with Gasteiger partial charge in [0.25, 0.3) is 0 Å². The van der Waals surface area contributed by atoms with Crippen molar-refractivity contribution in [1.29, 1.82) is 0 Å². The van der Waals surface area contributed by atoms with Gasteiger partial charge < -0.3 is 14.0 Å². The molecule has 0 aliphatic rings. The van der Waals surface area contributed by atoms with E-state index in [4.69, 9.17) is 9.47 Å². The number of esters is 2. The van der Waals surface area contributed by atoms with E-state index in [1.54, 1.807) is 10.6 Å². The van der Waals surface area contributed by atoms with Gasteiger partial charge in [-0.1, -0.05) is 30.3 Å². The first-order chi connectivity index (χ1) is 12.8. The van der Waals surface area contributed by atoms with Crippen LogP contribution in [0.25, 0.3) is 22.2 Å². The zero-order chi connectivity index (χ0) is 19.6. The molecule has 3 aromatic rings. The highest BCUT2D eigenvalue weighted by Gasteiger charge is 2.20. The smallest absolute Gasteiger partial charge is 0.356 e. The molecule has 0 saturated heterocycles. The second-order valence-electron chi connectivity index (χ2n) is 7.18. The Morgan fingerprint density at radius 3 is 2.41 bits per heavy atom. The van der Waals surface area contributed by atoms with Crippen LogP contribution in [0.2, 0.25) is 0 Å². The predicted octanol–water partition coefficient (Wildman–Crippen LogP) is 3.83. The summed E-state index contributed by atoms with van der Waals surface area (Å²) in [6.07, 6.45) is 1.86. The quantitative estimate of drug-likeness (QED) is 0.656. The SMILES string of the molecule is COC(=O)c1ccc2c(-c3ccccc3)cn(CC(=O)OC(C)(C)C)c2n1. The van der Waals surface area contributed by atoms with E-state index in [0.29, 0.717) is 5.65 Å². The van der Waals surface area contributed by atoms with Gasteiger partial charge in [0.2, 0.25) is 0 Å². The van der Waals surface area contributed by atoms with Crippen LogP contribution < -0.4 is 0 Å². The number of rotatable bonds is 4. The lowest BCUT2D eigenvalue weighted by atomic mass is 10.1. The van der Waals surface area contributed by atoms with Crippen molar-refractivity contribution in [3.8, 4) is 11.1 Å². The summed E-state index contributed by atoms with van der Waals surface area (Å²) in [6, 6.07) is 13.3. The van der Waals surface area contributed by atoms with E-state index < -0.39 is 11.6 Å². The third kappa shape index (κ3) is 4.16. The average Bonchev–Trinajstić information content (AvgIpc) is 2.98. The van der Waals surface area contributed by atoms with E-state index in [2.05, 4.69) is 4.98 Å². The molecule has 2 aromatic heterocycles. The largest absolute Gasteiger partial charge is 0.464 e. The van der Waals surface area contributed by atoms with Crippen molar-refractivity contribution in [2.45, 2.75) is 32.9 Å². The molecule has 0 radical (unpaired) electrons. The minimum absolute atomic E-state index is 0.00176. The van der Waals surface area contributed by atoms with E-state index in [9.17, 15) is 9.59 Å². The molecule has 0 unspecified atom stereocenters. The van der Waals surface area contributed by atoms with Crippen LogP contribution in [-0.2, 0) is 20.8 Å². The summed E-state index contributed by atoms with van der Waals surface area (Å²) in [6.45, 7) is 5.46. The molecule has 0 fully saturated rings. The Kier molecular flexibility index (Phi) is 4.99. The van der Waals surface area contributed by atoms with E-state index in [1.165, 1.54) is 7.11 Å². The fourth-order valence-electron chi connectivity index (χ4n) is 2.86. The summed E-state index contributed by atoms with van der Waals surface area (Å²) in [5.41, 5.74) is 2.07. The van der Waals surface area contributed by atoms with E-state index in [1.807, 2.05) is 63.4 Å². The highest BCUT2D eigenvalue weighted by atomic mass is 16.6. The Bertz CT molecular complexity index is 985. The Balaban J connectivity index is 2.10. The maximum atomic E-state index is 12.3. The molecule has 0 N–H and O–H groups in total. The van der Waals surface area contributed by atoms with Crippen LogP contribution in [0.1, 0.15) is 31.3 Å². The van der Waals surface area contributed by atoms with Crippen LogP contribution in [0.5, 0.6) is 0 Å². The molecule has 0 aliphatic carbocycles. The molecule has 2 heterocycles. The lowest BCUT2D eigenvalue weighted by Gasteiger charge is -2.19. The number of ether oxygens (including phenoxy) is 2. The average molecular weight is 366 g/mol. The molecule has 0 amide bonds. The Hall–Kier alpha value is -3.15. The summed E-state index contributed by atoms with van der Waals surface area (Å²) in [7, 11) is 1.31. The first-order valence-corrected chi connectivity index (χ1v) is 8.64. The maximum Gasteiger partial charge on any atom is 0.356 e. The van der Waals surface area contributed by atoms with Crippen LogP contribution in [0.3, 0.4) is 0 Å². The standard InChI is InChI=1S/C21H22N2O4/c1-21(2,3)27-18(24)13-23-12-16(14-8-6-5-7-9-14)15-10-11-17(20(25)26-4)22-19(15)23/h5-12H,13H2,1-4H3. The van der Waals surface area contributed by atoms with Crippen molar-refractivity contribution in [3.05, 3.63) is 54.4 Å². The molecule has 0 bridgehead atoms. The normalized spacial score (nSPS) is 11.4. The molecular weight excluding hydrogens is 344 g/mol. The van der Waals surface area contributed by atoms with Gasteiger partial charge in [0.1, 0.15) is 17.8 Å². The number of carbonyl (C=O) groups excluding carboxylic acids is 2. The number of hydrogen-bond acceptors (Lipinski definition) is 5. The number of benzene rings is 1. The van der Waals surface area contributed by atoms with E-state index in [0.717, 1.165) is 16.5 Å². The predicted molar refractivity (Wildman–Crippen MR) is 102 cm³/mol. The van der Waals surface area contributed by atoms with Crippen LogP contribution in [0.15, 0.2) is 48.7 Å². The number of nitrogens with zero attached hydrogens (tertiary/aromatic N) is 2. The van der Waals surface area contributed by atoms with Gasteiger partial charge >= 0.3 is 11.9 Å². The molecule has 6 nitrogen and oxygen atoms in total. The molecule has 6 heteroatoms. The second-order valence-corrected chi connectivity index (χ2v) is 7.18. The van der Waals surface area contributed by atoms with Crippen molar-refractivity contribution in [2.24, 2.45) is 0 Å². The Morgan fingerprint density at radius 2 is 1.78 bits per heavy atom. The van der Waals surface area contributed by atoms with Crippen LogP contribution in [0.4, 0.5) is 0 Å². The highest BCUT2D eigenvalue weighted by molar-refractivity contribution is 5.97. The summed E-state index contributed by atoms with van der Waals surface area (Å²) >= 11 is 0. The molecule has 140 valence electrons. The van der Waals surface area contributed by atoms with Crippen molar-refractivity contribution in [2.75, 3.05) is 7.11 Å². The summed E-state index contributed by atoms with van der Waals surface area (Å²) < 4.78 is 11.9. The fraction of sp³-hybridized carbons (Fsp3) is 0.286. The maximum absolute atomic E-state index is 12.3. The van der Waals surface area contributed by atoms with Gasteiger partial charge in [-0.15, -0.1) is 0 Å². The molecule has 0 aliphatic heterocycles. The molecular formula is C21H22N2O4. The van der Waals surface area contributed by atoms with Gasteiger partial charge in [-0.05, 0) is 38.5 Å². The van der Waals surface area contributed by atoms with Crippen molar-refractivity contribution < 1.29 is 19.1 Å². The first kappa shape index (κ1) is 18.6. The number of carbonyl (C=O) groups is 2. The molecule has 0 saturated carbocycles. The Morgan fingerprint density at radius 1 is 1.07 bits per heavy atom. The molecule has 27 heavy (non-hydrogen) atoms. The number of hydrogen-bond donors (Lipinski definition) is 0. The monoisotopic (exact) mass is 366 g/mol. The van der Waals surface area contributed by atoms with Gasteiger partial charge in [0, 0.05) is 17.1 Å². The van der Waals surface area contributed by atoms with Gasteiger partial charge in [-0.3, -0.25) is 4.79 Å². The molecule has 0 atom stereocenters. The Labute approximate surface area is 157 Å². The summed E-state index contributed by atoms with van der Waals surface area (Å²) in [4.78, 5) is 28.6. The van der Waals surface area contributed by atoms with Gasteiger partial charge in [-0.25, -0.2) is 9.78 Å². The van der Waals surface area contributed by atoms with Crippen LogP contribution in [-0.4, -0.2) is 34.2 Å². The summed E-state index contributed by atoms with van der Waals surface area (Å²) in [5.74, 6) is -0.896. The summed E-state index contributed by atoms with van der Waals surface area (Å²) in [5, 5.41) is 0.845.